The Bertz CT molecular complexity index is 765. The summed E-state index contributed by atoms with van der Waals surface area (Å²) in [5, 5.41) is 7.35. The third-order valence-corrected chi connectivity index (χ3v) is 4.24. The van der Waals surface area contributed by atoms with Gasteiger partial charge in [0.15, 0.2) is 0 Å². The number of hydrogen-bond donors (Lipinski definition) is 1. The lowest BCUT2D eigenvalue weighted by molar-refractivity contribution is -0.119. The molecule has 1 amide bonds. The summed E-state index contributed by atoms with van der Waals surface area (Å²) in [6.45, 7) is 2.21. The van der Waals surface area contributed by atoms with Crippen LogP contribution >= 0.6 is 23.2 Å². The first-order valence-electron chi connectivity index (χ1n) is 6.97. The molecule has 0 fully saturated rings. The highest BCUT2D eigenvalue weighted by Crippen LogP contribution is 2.29. The normalized spacial score (nSPS) is 12.3. The van der Waals surface area contributed by atoms with Crippen LogP contribution in [0.5, 0.6) is 5.75 Å². The standard InChI is InChI=1S/C15H15Cl2F2N3O2/c1-7-13(17)8(2)22(21-7)9(3)14(23)20-10-4-5-12(11(16)6-10)24-15(18)19/h4-6,9,15H,1-3H3,(H,20,23). The van der Waals surface area contributed by atoms with Gasteiger partial charge in [0.05, 0.1) is 21.4 Å². The van der Waals surface area contributed by atoms with E-state index >= 15 is 0 Å². The molecule has 0 aliphatic heterocycles. The minimum absolute atomic E-state index is 0.0325. The number of benzene rings is 1. The van der Waals surface area contributed by atoms with E-state index in [1.807, 2.05) is 0 Å². The van der Waals surface area contributed by atoms with E-state index in [2.05, 4.69) is 15.2 Å². The Labute approximate surface area is 147 Å². The van der Waals surface area contributed by atoms with Gasteiger partial charge < -0.3 is 10.1 Å². The summed E-state index contributed by atoms with van der Waals surface area (Å²) in [6.07, 6.45) is 0. The highest BCUT2D eigenvalue weighted by atomic mass is 35.5. The number of ether oxygens (including phenoxy) is 1. The molecule has 1 aromatic carbocycles. The van der Waals surface area contributed by atoms with Crippen LogP contribution < -0.4 is 10.1 Å². The second-order valence-corrected chi connectivity index (χ2v) is 5.90. The molecule has 0 radical (unpaired) electrons. The highest BCUT2D eigenvalue weighted by Gasteiger charge is 2.21. The second kappa shape index (κ2) is 7.36. The van der Waals surface area contributed by atoms with Crippen molar-refractivity contribution in [3.8, 4) is 5.75 Å². The fourth-order valence-electron chi connectivity index (χ4n) is 2.15. The number of carbonyl (C=O) groups excluding carboxylic acids is 1. The van der Waals surface area contributed by atoms with Gasteiger partial charge in [-0.1, -0.05) is 23.2 Å². The lowest BCUT2D eigenvalue weighted by Gasteiger charge is -2.15. The Morgan fingerprint density at radius 1 is 1.33 bits per heavy atom. The van der Waals surface area contributed by atoms with Gasteiger partial charge in [-0.3, -0.25) is 9.48 Å². The van der Waals surface area contributed by atoms with Crippen molar-refractivity contribution in [2.75, 3.05) is 5.32 Å². The molecule has 9 heteroatoms. The minimum atomic E-state index is -2.97. The fourth-order valence-corrected chi connectivity index (χ4v) is 2.50. The van der Waals surface area contributed by atoms with Crippen molar-refractivity contribution >= 4 is 34.8 Å². The van der Waals surface area contributed by atoms with Gasteiger partial charge in [0.25, 0.3) is 0 Å². The van der Waals surface area contributed by atoms with E-state index in [0.29, 0.717) is 22.1 Å². The van der Waals surface area contributed by atoms with Gasteiger partial charge in [0.1, 0.15) is 11.8 Å². The lowest BCUT2D eigenvalue weighted by Crippen LogP contribution is -2.25. The molecule has 0 spiro atoms. The third kappa shape index (κ3) is 3.96. The van der Waals surface area contributed by atoms with Gasteiger partial charge in [-0.05, 0) is 39.0 Å². The van der Waals surface area contributed by atoms with E-state index in [-0.39, 0.29) is 16.7 Å². The van der Waals surface area contributed by atoms with E-state index in [1.165, 1.54) is 22.9 Å². The molecule has 1 atom stereocenters. The number of nitrogens with one attached hydrogen (secondary N) is 1. The molecule has 1 aromatic heterocycles. The van der Waals surface area contributed by atoms with Crippen LogP contribution in [0.2, 0.25) is 10.0 Å². The van der Waals surface area contributed by atoms with Gasteiger partial charge in [-0.25, -0.2) is 0 Å². The van der Waals surface area contributed by atoms with E-state index < -0.39 is 12.7 Å². The number of aromatic nitrogens is 2. The van der Waals surface area contributed by atoms with Gasteiger partial charge in [-0.15, -0.1) is 0 Å². The van der Waals surface area contributed by atoms with E-state index in [1.54, 1.807) is 20.8 Å². The van der Waals surface area contributed by atoms with Gasteiger partial charge >= 0.3 is 6.61 Å². The number of carbonyl (C=O) groups is 1. The third-order valence-electron chi connectivity index (χ3n) is 3.40. The van der Waals surface area contributed by atoms with Crippen molar-refractivity contribution < 1.29 is 18.3 Å². The molecule has 2 rings (SSSR count). The monoisotopic (exact) mass is 377 g/mol. The van der Waals surface area contributed by atoms with Crippen LogP contribution in [0.15, 0.2) is 18.2 Å². The van der Waals surface area contributed by atoms with Crippen molar-refractivity contribution in [1.29, 1.82) is 0 Å². The molecule has 1 heterocycles. The molecule has 5 nitrogen and oxygen atoms in total. The van der Waals surface area contributed by atoms with Crippen molar-refractivity contribution in [2.45, 2.75) is 33.4 Å². The summed E-state index contributed by atoms with van der Waals surface area (Å²) in [7, 11) is 0. The van der Waals surface area contributed by atoms with Crippen molar-refractivity contribution in [2.24, 2.45) is 0 Å². The maximum absolute atomic E-state index is 12.4. The molecule has 1 unspecified atom stereocenters. The highest BCUT2D eigenvalue weighted by molar-refractivity contribution is 6.32. The smallest absolute Gasteiger partial charge is 0.387 e. The SMILES string of the molecule is Cc1nn(C(C)C(=O)Nc2ccc(OC(F)F)c(Cl)c2)c(C)c1Cl. The summed E-state index contributed by atoms with van der Waals surface area (Å²) in [5.74, 6) is -0.515. The topological polar surface area (TPSA) is 56.2 Å². The second-order valence-electron chi connectivity index (χ2n) is 5.12. The minimum Gasteiger partial charge on any atom is -0.433 e. The zero-order valence-corrected chi connectivity index (χ0v) is 14.6. The van der Waals surface area contributed by atoms with Gasteiger partial charge in [0.2, 0.25) is 5.91 Å². The number of rotatable bonds is 5. The molecule has 2 aromatic rings. The molecule has 1 N–H and O–H groups in total. The van der Waals surface area contributed by atoms with Crippen LogP contribution in [0.25, 0.3) is 0 Å². The van der Waals surface area contributed by atoms with Crippen LogP contribution in [-0.2, 0) is 4.79 Å². The Balaban J connectivity index is 2.14. The zero-order valence-electron chi connectivity index (χ0n) is 13.1. The van der Waals surface area contributed by atoms with Crippen LogP contribution in [0.4, 0.5) is 14.5 Å². The molecule has 0 aliphatic rings. The van der Waals surface area contributed by atoms with Crippen LogP contribution in [0.1, 0.15) is 24.4 Å². The van der Waals surface area contributed by atoms with Gasteiger partial charge in [-0.2, -0.15) is 13.9 Å². The van der Waals surface area contributed by atoms with Crippen molar-refractivity contribution in [3.63, 3.8) is 0 Å². The molecule has 130 valence electrons. The fraction of sp³-hybridized carbons (Fsp3) is 0.333. The van der Waals surface area contributed by atoms with E-state index in [4.69, 9.17) is 23.2 Å². The average molecular weight is 378 g/mol. The predicted octanol–water partition coefficient (Wildman–Crippen LogP) is 4.61. The van der Waals surface area contributed by atoms with Crippen LogP contribution in [-0.4, -0.2) is 22.3 Å². The first kappa shape index (κ1) is 18.5. The van der Waals surface area contributed by atoms with Crippen LogP contribution in [0, 0.1) is 13.8 Å². The average Bonchev–Trinajstić information content (AvgIpc) is 2.76. The molecule has 0 saturated heterocycles. The van der Waals surface area contributed by atoms with Gasteiger partial charge in [0, 0.05) is 5.69 Å². The Kier molecular flexibility index (Phi) is 5.66. The van der Waals surface area contributed by atoms with Crippen LogP contribution in [0.3, 0.4) is 0 Å². The number of anilines is 1. The number of aryl methyl sites for hydroxylation is 1. The molecule has 0 saturated carbocycles. The maximum Gasteiger partial charge on any atom is 0.387 e. The number of amides is 1. The maximum atomic E-state index is 12.4. The quantitative estimate of drug-likeness (QED) is 0.827. The number of halogens is 4. The van der Waals surface area contributed by atoms with Crippen molar-refractivity contribution in [1.82, 2.24) is 9.78 Å². The first-order chi connectivity index (χ1) is 11.2. The summed E-state index contributed by atoms with van der Waals surface area (Å²) < 4.78 is 30.2. The summed E-state index contributed by atoms with van der Waals surface area (Å²) in [4.78, 5) is 12.4. The Hall–Kier alpha value is -1.86. The molecule has 0 aliphatic carbocycles. The molecule has 0 bridgehead atoms. The van der Waals surface area contributed by atoms with Crippen molar-refractivity contribution in [3.05, 3.63) is 39.6 Å². The Morgan fingerprint density at radius 2 is 2.00 bits per heavy atom. The summed E-state index contributed by atoms with van der Waals surface area (Å²) >= 11 is 11.9. The molecule has 24 heavy (non-hydrogen) atoms. The summed E-state index contributed by atoms with van der Waals surface area (Å²) in [6, 6.07) is 3.39. The number of nitrogens with zero attached hydrogens (tertiary/aromatic N) is 2. The predicted molar refractivity (Wildman–Crippen MR) is 88.1 cm³/mol. The molecular weight excluding hydrogens is 363 g/mol. The van der Waals surface area contributed by atoms with E-state index in [9.17, 15) is 13.6 Å². The Morgan fingerprint density at radius 3 is 2.50 bits per heavy atom. The molecular formula is C15H15Cl2F2N3O2. The lowest BCUT2D eigenvalue weighted by atomic mass is 10.2. The summed E-state index contributed by atoms with van der Waals surface area (Å²) in [5.41, 5.74) is 1.66. The number of hydrogen-bond acceptors (Lipinski definition) is 3. The largest absolute Gasteiger partial charge is 0.433 e. The van der Waals surface area contributed by atoms with E-state index in [0.717, 1.165) is 0 Å². The number of alkyl halides is 2. The first-order valence-corrected chi connectivity index (χ1v) is 7.72. The zero-order chi connectivity index (χ0) is 18.0.